The van der Waals surface area contributed by atoms with Crippen molar-refractivity contribution in [1.82, 2.24) is 25.5 Å². The Labute approximate surface area is 127 Å². The number of nitrogens with two attached hydrogens (primary N) is 1. The number of hydrogen-bond acceptors (Lipinski definition) is 5. The van der Waals surface area contributed by atoms with Gasteiger partial charge in [-0.25, -0.2) is 9.07 Å². The summed E-state index contributed by atoms with van der Waals surface area (Å²) in [5.41, 5.74) is 6.12. The van der Waals surface area contributed by atoms with E-state index in [1.54, 1.807) is 19.1 Å². The lowest BCUT2D eigenvalue weighted by atomic mass is 10.0. The topological polar surface area (TPSA) is 98.7 Å². The lowest BCUT2D eigenvalue weighted by Gasteiger charge is -2.17. The Morgan fingerprint density at radius 2 is 2.32 bits per heavy atom. The minimum atomic E-state index is -0.630. The molecule has 0 aliphatic rings. The molecule has 8 heteroatoms. The number of aryl methyl sites for hydroxylation is 1. The van der Waals surface area contributed by atoms with E-state index >= 15 is 0 Å². The molecule has 0 aliphatic carbocycles. The number of amides is 1. The quantitative estimate of drug-likeness (QED) is 0.720. The van der Waals surface area contributed by atoms with E-state index in [-0.39, 0.29) is 11.7 Å². The van der Waals surface area contributed by atoms with Crippen molar-refractivity contribution in [1.29, 1.82) is 0 Å². The molecule has 1 unspecified atom stereocenters. The van der Waals surface area contributed by atoms with E-state index in [1.165, 1.54) is 16.8 Å². The number of nitrogens with one attached hydrogen (secondary N) is 1. The molecule has 1 aromatic carbocycles. The van der Waals surface area contributed by atoms with Crippen molar-refractivity contribution in [3.8, 4) is 0 Å². The van der Waals surface area contributed by atoms with Crippen LogP contribution in [0.25, 0.3) is 0 Å². The Balaban J connectivity index is 2.18. The first-order chi connectivity index (χ1) is 10.6. The summed E-state index contributed by atoms with van der Waals surface area (Å²) in [6.07, 6.45) is 0.991. The number of nitrogens with zero attached hydrogens (tertiary/aromatic N) is 4. The van der Waals surface area contributed by atoms with E-state index in [0.717, 1.165) is 0 Å². The first-order valence-corrected chi connectivity index (χ1v) is 7.08. The molecule has 1 amide bonds. The highest BCUT2D eigenvalue weighted by Crippen LogP contribution is 2.16. The van der Waals surface area contributed by atoms with Gasteiger partial charge in [0.1, 0.15) is 17.7 Å². The Bertz CT molecular complexity index is 629. The average Bonchev–Trinajstić information content (AvgIpc) is 2.91. The van der Waals surface area contributed by atoms with E-state index in [0.29, 0.717) is 37.3 Å². The zero-order valence-corrected chi connectivity index (χ0v) is 12.4. The summed E-state index contributed by atoms with van der Waals surface area (Å²) < 4.78 is 14.8. The zero-order chi connectivity index (χ0) is 15.9. The number of tetrazole rings is 1. The summed E-state index contributed by atoms with van der Waals surface area (Å²) in [4.78, 5) is 12.4. The number of carbonyl (C=O) groups is 1. The smallest absolute Gasteiger partial charge is 0.245 e. The van der Waals surface area contributed by atoms with Crippen LogP contribution in [0.15, 0.2) is 24.3 Å². The summed E-state index contributed by atoms with van der Waals surface area (Å²) in [5, 5.41) is 14.0. The van der Waals surface area contributed by atoms with Gasteiger partial charge in [0.15, 0.2) is 0 Å². The van der Waals surface area contributed by atoms with Crippen LogP contribution in [0, 0.1) is 12.7 Å². The van der Waals surface area contributed by atoms with Crippen LogP contribution < -0.4 is 11.1 Å². The SMILES string of the molecule is Cc1nnnn1C(Cc1cccc(F)c1)C(=O)NCCCN. The highest BCUT2D eigenvalue weighted by molar-refractivity contribution is 5.80. The second-order valence-electron chi connectivity index (χ2n) is 4.95. The molecule has 3 N–H and O–H groups in total. The third kappa shape index (κ3) is 4.08. The molecule has 0 saturated carbocycles. The second kappa shape index (κ2) is 7.60. The van der Waals surface area contributed by atoms with Crippen LogP contribution in [-0.4, -0.2) is 39.2 Å². The van der Waals surface area contributed by atoms with Gasteiger partial charge in [-0.05, 0) is 48.0 Å². The van der Waals surface area contributed by atoms with Gasteiger partial charge in [0.2, 0.25) is 5.91 Å². The molecule has 0 fully saturated rings. The van der Waals surface area contributed by atoms with Crippen molar-refractivity contribution < 1.29 is 9.18 Å². The van der Waals surface area contributed by atoms with Gasteiger partial charge >= 0.3 is 0 Å². The van der Waals surface area contributed by atoms with Crippen LogP contribution in [0.1, 0.15) is 23.9 Å². The molecule has 0 spiro atoms. The minimum absolute atomic E-state index is 0.215. The molecule has 7 nitrogen and oxygen atoms in total. The van der Waals surface area contributed by atoms with Gasteiger partial charge in [-0.3, -0.25) is 4.79 Å². The number of halogens is 1. The molecular formula is C14H19FN6O. The maximum absolute atomic E-state index is 13.3. The Morgan fingerprint density at radius 1 is 1.50 bits per heavy atom. The van der Waals surface area contributed by atoms with Gasteiger partial charge < -0.3 is 11.1 Å². The molecule has 118 valence electrons. The summed E-state index contributed by atoms with van der Waals surface area (Å²) in [6.45, 7) is 2.70. The fourth-order valence-electron chi connectivity index (χ4n) is 2.14. The highest BCUT2D eigenvalue weighted by atomic mass is 19.1. The van der Waals surface area contributed by atoms with Crippen molar-refractivity contribution in [2.45, 2.75) is 25.8 Å². The van der Waals surface area contributed by atoms with Gasteiger partial charge in [0.05, 0.1) is 0 Å². The van der Waals surface area contributed by atoms with Crippen LogP contribution in [0.3, 0.4) is 0 Å². The normalized spacial score (nSPS) is 12.1. The van der Waals surface area contributed by atoms with Gasteiger partial charge in [0, 0.05) is 13.0 Å². The van der Waals surface area contributed by atoms with E-state index in [9.17, 15) is 9.18 Å². The molecule has 1 atom stereocenters. The van der Waals surface area contributed by atoms with E-state index in [4.69, 9.17) is 5.73 Å². The maximum Gasteiger partial charge on any atom is 0.245 e. The Morgan fingerprint density at radius 3 is 2.95 bits per heavy atom. The van der Waals surface area contributed by atoms with Crippen molar-refractivity contribution in [3.05, 3.63) is 41.5 Å². The molecule has 0 radical (unpaired) electrons. The molecule has 2 rings (SSSR count). The predicted molar refractivity (Wildman–Crippen MR) is 78.4 cm³/mol. The fourth-order valence-corrected chi connectivity index (χ4v) is 2.14. The van der Waals surface area contributed by atoms with Crippen LogP contribution in [0.2, 0.25) is 0 Å². The lowest BCUT2D eigenvalue weighted by Crippen LogP contribution is -2.36. The largest absolute Gasteiger partial charge is 0.354 e. The summed E-state index contributed by atoms with van der Waals surface area (Å²) in [5.74, 6) is -0.0308. The molecule has 1 heterocycles. The molecule has 1 aromatic heterocycles. The summed E-state index contributed by atoms with van der Waals surface area (Å²) in [6, 6.07) is 5.51. The first-order valence-electron chi connectivity index (χ1n) is 7.08. The zero-order valence-electron chi connectivity index (χ0n) is 12.4. The molecule has 0 saturated heterocycles. The molecule has 0 aliphatic heterocycles. The monoisotopic (exact) mass is 306 g/mol. The summed E-state index contributed by atoms with van der Waals surface area (Å²) in [7, 11) is 0. The van der Waals surface area contributed by atoms with Crippen molar-refractivity contribution in [2.75, 3.05) is 13.1 Å². The van der Waals surface area contributed by atoms with Gasteiger partial charge in [-0.15, -0.1) is 5.10 Å². The van der Waals surface area contributed by atoms with Gasteiger partial charge in [0.25, 0.3) is 0 Å². The molecule has 2 aromatic rings. The number of aromatic nitrogens is 4. The standard InChI is InChI=1S/C14H19FN6O/c1-10-18-19-20-21(10)13(14(22)17-7-3-6-16)9-11-4-2-5-12(15)8-11/h2,4-5,8,13H,3,6-7,9,16H2,1H3,(H,17,22). The van der Waals surface area contributed by atoms with Crippen LogP contribution >= 0.6 is 0 Å². The predicted octanol–water partition coefficient (Wildman–Crippen LogP) is 0.369. The van der Waals surface area contributed by atoms with Crippen LogP contribution in [0.5, 0.6) is 0 Å². The van der Waals surface area contributed by atoms with Crippen molar-refractivity contribution >= 4 is 5.91 Å². The molecular weight excluding hydrogens is 287 g/mol. The van der Waals surface area contributed by atoms with Gasteiger partial charge in [-0.1, -0.05) is 12.1 Å². The number of rotatable bonds is 7. The number of carbonyl (C=O) groups excluding carboxylic acids is 1. The van der Waals surface area contributed by atoms with E-state index < -0.39 is 6.04 Å². The van der Waals surface area contributed by atoms with Gasteiger partial charge in [-0.2, -0.15) is 0 Å². The lowest BCUT2D eigenvalue weighted by molar-refractivity contribution is -0.124. The Hall–Kier alpha value is -2.35. The first kappa shape index (κ1) is 16.0. The minimum Gasteiger partial charge on any atom is -0.354 e. The van der Waals surface area contributed by atoms with Crippen molar-refractivity contribution in [3.63, 3.8) is 0 Å². The maximum atomic E-state index is 13.3. The number of benzene rings is 1. The highest BCUT2D eigenvalue weighted by Gasteiger charge is 2.24. The Kier molecular flexibility index (Phi) is 5.54. The second-order valence-corrected chi connectivity index (χ2v) is 4.95. The van der Waals surface area contributed by atoms with Crippen molar-refractivity contribution in [2.24, 2.45) is 5.73 Å². The third-order valence-corrected chi connectivity index (χ3v) is 3.25. The fraction of sp³-hybridized carbons (Fsp3) is 0.429. The summed E-state index contributed by atoms with van der Waals surface area (Å²) >= 11 is 0. The third-order valence-electron chi connectivity index (χ3n) is 3.25. The number of hydrogen-bond donors (Lipinski definition) is 2. The van der Waals surface area contributed by atoms with E-state index in [1.807, 2.05) is 0 Å². The van der Waals surface area contributed by atoms with Crippen LogP contribution in [0.4, 0.5) is 4.39 Å². The average molecular weight is 306 g/mol. The molecule has 22 heavy (non-hydrogen) atoms. The van der Waals surface area contributed by atoms with Crippen LogP contribution in [-0.2, 0) is 11.2 Å². The molecule has 0 bridgehead atoms. The van der Waals surface area contributed by atoms with E-state index in [2.05, 4.69) is 20.8 Å².